The van der Waals surface area contributed by atoms with Crippen molar-refractivity contribution in [1.29, 1.82) is 0 Å². The number of hydrogen-bond acceptors (Lipinski definition) is 7. The van der Waals surface area contributed by atoms with Crippen molar-refractivity contribution in [1.82, 2.24) is 25.1 Å². The Morgan fingerprint density at radius 2 is 2.00 bits per heavy atom. The molecular formula is C24H21N9O. The summed E-state index contributed by atoms with van der Waals surface area (Å²) in [6, 6.07) is 9.28. The molecule has 2 aliphatic rings. The summed E-state index contributed by atoms with van der Waals surface area (Å²) < 4.78 is 0. The number of fused-ring (bicyclic) bond motifs is 2. The highest BCUT2D eigenvalue weighted by Gasteiger charge is 2.40. The van der Waals surface area contributed by atoms with Gasteiger partial charge in [-0.3, -0.25) is 14.8 Å². The van der Waals surface area contributed by atoms with Crippen LogP contribution in [0.5, 0.6) is 0 Å². The molecule has 0 saturated heterocycles. The van der Waals surface area contributed by atoms with Crippen LogP contribution in [0.1, 0.15) is 13.8 Å². The highest BCUT2D eigenvalue weighted by Crippen LogP contribution is 2.34. The van der Waals surface area contributed by atoms with E-state index < -0.39 is 6.17 Å². The minimum absolute atomic E-state index is 0.113. The number of nitrogens with one attached hydrogen (secondary N) is 3. The second kappa shape index (κ2) is 7.77. The molecule has 0 spiro atoms. The molecule has 1 aromatic carbocycles. The maximum atomic E-state index is 13.6. The Morgan fingerprint density at radius 3 is 2.79 bits per heavy atom. The van der Waals surface area contributed by atoms with E-state index in [1.165, 1.54) is 6.33 Å². The van der Waals surface area contributed by atoms with Crippen LogP contribution in [-0.4, -0.2) is 55.3 Å². The molecule has 0 bridgehead atoms. The third-order valence-corrected chi connectivity index (χ3v) is 6.08. The quantitative estimate of drug-likeness (QED) is 0.429. The van der Waals surface area contributed by atoms with Gasteiger partial charge in [-0.1, -0.05) is 18.2 Å². The van der Waals surface area contributed by atoms with Crippen LogP contribution in [-0.2, 0) is 4.79 Å². The number of para-hydroxylation sites is 1. The molecule has 0 aliphatic carbocycles. The Bertz CT molecular complexity index is 1480. The topological polar surface area (TPSA) is 127 Å². The second-order valence-corrected chi connectivity index (χ2v) is 8.26. The fourth-order valence-electron chi connectivity index (χ4n) is 4.43. The number of carbonyl (C=O) groups is 1. The number of H-pyrrole nitrogens is 2. The summed E-state index contributed by atoms with van der Waals surface area (Å²) >= 11 is 0. The molecule has 0 saturated carbocycles. The second-order valence-electron chi connectivity index (χ2n) is 8.26. The number of aromatic nitrogens is 5. The molecule has 5 heterocycles. The Hall–Kier alpha value is -4.60. The summed E-state index contributed by atoms with van der Waals surface area (Å²) in [6.07, 6.45) is 8.12. The van der Waals surface area contributed by atoms with E-state index in [4.69, 9.17) is 4.99 Å². The van der Waals surface area contributed by atoms with Crippen molar-refractivity contribution in [3.63, 3.8) is 0 Å². The third kappa shape index (κ3) is 3.11. The van der Waals surface area contributed by atoms with Crippen molar-refractivity contribution in [3.8, 4) is 11.1 Å². The third-order valence-electron chi connectivity index (χ3n) is 6.08. The zero-order valence-electron chi connectivity index (χ0n) is 18.5. The summed E-state index contributed by atoms with van der Waals surface area (Å²) in [7, 11) is 0. The summed E-state index contributed by atoms with van der Waals surface area (Å²) in [6.45, 7) is 3.86. The van der Waals surface area contributed by atoms with Gasteiger partial charge in [0.25, 0.3) is 5.91 Å². The maximum absolute atomic E-state index is 13.6. The molecule has 0 radical (unpaired) electrons. The zero-order valence-corrected chi connectivity index (χ0v) is 18.5. The van der Waals surface area contributed by atoms with Crippen molar-refractivity contribution in [2.45, 2.75) is 26.1 Å². The van der Waals surface area contributed by atoms with Crippen LogP contribution in [0, 0.1) is 0 Å². The fourth-order valence-corrected chi connectivity index (χ4v) is 4.43. The highest BCUT2D eigenvalue weighted by molar-refractivity contribution is 6.33. The summed E-state index contributed by atoms with van der Waals surface area (Å²) in [4.78, 5) is 36.7. The summed E-state index contributed by atoms with van der Waals surface area (Å²) in [5.74, 6) is 1.00. The molecule has 3 N–H and O–H groups in total. The minimum Gasteiger partial charge on any atom is -0.363 e. The minimum atomic E-state index is -0.530. The lowest BCUT2D eigenvalue weighted by molar-refractivity contribution is -0.115. The van der Waals surface area contributed by atoms with E-state index in [-0.39, 0.29) is 11.9 Å². The van der Waals surface area contributed by atoms with Crippen LogP contribution >= 0.6 is 0 Å². The van der Waals surface area contributed by atoms with Crippen LogP contribution < -0.4 is 10.2 Å². The molecule has 168 valence electrons. The number of rotatable bonds is 5. The normalized spacial score (nSPS) is 18.4. The highest BCUT2D eigenvalue weighted by atomic mass is 16.2. The molecular weight excluding hydrogens is 430 g/mol. The average molecular weight is 451 g/mol. The summed E-state index contributed by atoms with van der Waals surface area (Å²) in [5.41, 5.74) is 4.68. The Morgan fingerprint density at radius 1 is 1.15 bits per heavy atom. The first-order valence-corrected chi connectivity index (χ1v) is 10.9. The van der Waals surface area contributed by atoms with Gasteiger partial charge in [0.05, 0.1) is 23.2 Å². The van der Waals surface area contributed by atoms with Crippen LogP contribution in [0.2, 0.25) is 0 Å². The van der Waals surface area contributed by atoms with Crippen LogP contribution in [0.15, 0.2) is 76.4 Å². The molecule has 4 aromatic rings. The Kier molecular flexibility index (Phi) is 4.58. The lowest BCUT2D eigenvalue weighted by Gasteiger charge is -2.37. The number of carbonyl (C=O) groups excluding carboxylic acids is 1. The molecule has 0 fully saturated rings. The van der Waals surface area contributed by atoms with Gasteiger partial charge < -0.3 is 10.3 Å². The van der Waals surface area contributed by atoms with E-state index in [1.54, 1.807) is 17.3 Å². The van der Waals surface area contributed by atoms with Crippen molar-refractivity contribution in [2.75, 3.05) is 10.2 Å². The van der Waals surface area contributed by atoms with Gasteiger partial charge in [0, 0.05) is 35.4 Å². The number of amides is 1. The van der Waals surface area contributed by atoms with Gasteiger partial charge in [0.15, 0.2) is 12.0 Å². The molecule has 10 nitrogen and oxygen atoms in total. The number of anilines is 2. The number of amidine groups is 1. The first-order chi connectivity index (χ1) is 16.6. The molecule has 10 heteroatoms. The van der Waals surface area contributed by atoms with Gasteiger partial charge in [-0.25, -0.2) is 20.0 Å². The molecule has 1 amide bonds. The largest absolute Gasteiger partial charge is 0.363 e. The lowest BCUT2D eigenvalue weighted by Crippen LogP contribution is -2.52. The number of hydrogen-bond donors (Lipinski definition) is 3. The van der Waals surface area contributed by atoms with Crippen molar-refractivity contribution in [3.05, 3.63) is 66.4 Å². The molecule has 34 heavy (non-hydrogen) atoms. The molecule has 1 unspecified atom stereocenters. The Labute approximate surface area is 194 Å². The molecule has 2 atom stereocenters. The average Bonchev–Trinajstić information content (AvgIpc) is 3.60. The number of allylic oxidation sites excluding steroid dienone is 1. The van der Waals surface area contributed by atoms with Gasteiger partial charge in [0.1, 0.15) is 17.8 Å². The molecule has 6 rings (SSSR count). The van der Waals surface area contributed by atoms with Crippen molar-refractivity contribution in [2.24, 2.45) is 9.98 Å². The number of aliphatic imine (C=N–C) groups is 2. The number of aromatic amines is 2. The van der Waals surface area contributed by atoms with E-state index in [1.807, 2.05) is 56.6 Å². The van der Waals surface area contributed by atoms with Gasteiger partial charge in [0.2, 0.25) is 0 Å². The van der Waals surface area contributed by atoms with Crippen LogP contribution in [0.25, 0.3) is 22.2 Å². The lowest BCUT2D eigenvalue weighted by atomic mass is 10.0. The SMILES string of the molecule is CC1=C2C(=O)N(c3ccccc3)[C@@H](C(C)Nc3ncnc4[nH]cc(-c5cn[nH]c5)c34)N=C2N=C1. The van der Waals surface area contributed by atoms with Gasteiger partial charge in [-0.05, 0) is 31.6 Å². The first-order valence-electron chi connectivity index (χ1n) is 10.9. The fraction of sp³-hybridized carbons (Fsp3) is 0.167. The van der Waals surface area contributed by atoms with E-state index in [0.717, 1.165) is 27.8 Å². The zero-order chi connectivity index (χ0) is 23.2. The van der Waals surface area contributed by atoms with Crippen LogP contribution in [0.4, 0.5) is 11.5 Å². The van der Waals surface area contributed by atoms with E-state index >= 15 is 0 Å². The Balaban J connectivity index is 1.42. The number of nitrogens with zero attached hydrogens (tertiary/aromatic N) is 6. The summed E-state index contributed by atoms with van der Waals surface area (Å²) in [5, 5.41) is 11.2. The number of benzene rings is 1. The standard InChI is InChI=1S/C24H21N9O/c1-13-8-25-21-18(13)24(34)33(16-6-4-3-5-7-16)23(32-21)14(2)31-22-19-17(15-9-29-30-10-15)11-26-20(19)27-12-28-22/h3-12,14,23H,1-2H3,(H,29,30)(H2,26,27,28,31)/t14?,23-/m0/s1. The maximum Gasteiger partial charge on any atom is 0.264 e. The van der Waals surface area contributed by atoms with E-state index in [9.17, 15) is 4.79 Å². The van der Waals surface area contributed by atoms with E-state index in [2.05, 4.69) is 35.5 Å². The molecule has 3 aromatic heterocycles. The van der Waals surface area contributed by atoms with Crippen molar-refractivity contribution >= 4 is 40.5 Å². The molecule has 2 aliphatic heterocycles. The smallest absolute Gasteiger partial charge is 0.264 e. The van der Waals surface area contributed by atoms with Crippen molar-refractivity contribution < 1.29 is 4.79 Å². The first kappa shape index (κ1) is 20.0. The van der Waals surface area contributed by atoms with Gasteiger partial charge >= 0.3 is 0 Å². The predicted molar refractivity (Wildman–Crippen MR) is 131 cm³/mol. The van der Waals surface area contributed by atoms with Crippen LogP contribution in [0.3, 0.4) is 0 Å². The van der Waals surface area contributed by atoms with E-state index in [0.29, 0.717) is 22.9 Å². The van der Waals surface area contributed by atoms with Gasteiger partial charge in [-0.15, -0.1) is 0 Å². The van der Waals surface area contributed by atoms with Gasteiger partial charge in [-0.2, -0.15) is 5.10 Å². The predicted octanol–water partition coefficient (Wildman–Crippen LogP) is 3.32. The monoisotopic (exact) mass is 451 g/mol.